The summed E-state index contributed by atoms with van der Waals surface area (Å²) in [7, 11) is 0. The third-order valence-corrected chi connectivity index (χ3v) is 4.06. The van der Waals surface area contributed by atoms with E-state index in [4.69, 9.17) is 0 Å². The van der Waals surface area contributed by atoms with Gasteiger partial charge in [-0.25, -0.2) is 0 Å². The molecule has 0 N–H and O–H groups in total. The van der Waals surface area contributed by atoms with Gasteiger partial charge < -0.3 is 0 Å². The molecule has 1 aliphatic rings. The van der Waals surface area contributed by atoms with Gasteiger partial charge in [-0.15, -0.1) is 0 Å². The summed E-state index contributed by atoms with van der Waals surface area (Å²) < 4.78 is 0. The Morgan fingerprint density at radius 2 is 1.70 bits per heavy atom. The van der Waals surface area contributed by atoms with Gasteiger partial charge in [-0.05, 0) is 17.7 Å². The number of β-lactam (4-membered cyclic amide) rings is 1. The van der Waals surface area contributed by atoms with E-state index in [1.165, 1.54) is 29.2 Å². The number of hydrogen-bond acceptors (Lipinski definition) is 4. The average Bonchev–Trinajstić information content (AvgIpc) is 2.59. The van der Waals surface area contributed by atoms with Crippen molar-refractivity contribution in [1.29, 1.82) is 0 Å². The van der Waals surface area contributed by atoms with Crippen molar-refractivity contribution in [3.05, 3.63) is 75.8 Å². The van der Waals surface area contributed by atoms with Crippen molar-refractivity contribution in [1.82, 2.24) is 4.90 Å². The van der Waals surface area contributed by atoms with Crippen LogP contribution in [-0.4, -0.2) is 21.6 Å². The van der Waals surface area contributed by atoms with Crippen molar-refractivity contribution in [3.8, 4) is 0 Å². The van der Waals surface area contributed by atoms with E-state index >= 15 is 0 Å². The summed E-state index contributed by atoms with van der Waals surface area (Å²) in [6, 6.07) is 14.3. The number of non-ortho nitro benzene ring substituents is 1. The molecule has 0 bridgehead atoms. The van der Waals surface area contributed by atoms with E-state index in [0.29, 0.717) is 0 Å². The minimum atomic E-state index is -0.530. The topological polar surface area (TPSA) is 80.5 Å². The largest absolute Gasteiger partial charge is 0.274 e. The highest BCUT2D eigenvalue weighted by atomic mass is 16.6. The van der Waals surface area contributed by atoms with E-state index < -0.39 is 10.8 Å². The molecular formula is C17H14N2O4. The Morgan fingerprint density at radius 1 is 1.09 bits per heavy atom. The van der Waals surface area contributed by atoms with Crippen LogP contribution in [0.3, 0.4) is 0 Å². The fourth-order valence-electron chi connectivity index (χ4n) is 2.81. The number of nitro benzene ring substituents is 1. The minimum Gasteiger partial charge on any atom is -0.274 e. The van der Waals surface area contributed by atoms with Crippen LogP contribution in [0.4, 0.5) is 5.69 Å². The maximum Gasteiger partial charge on any atom is 0.269 e. The number of carbonyl (C=O) groups is 2. The molecule has 2 aromatic carbocycles. The molecular weight excluding hydrogens is 296 g/mol. The van der Waals surface area contributed by atoms with E-state index in [0.717, 1.165) is 5.56 Å². The summed E-state index contributed by atoms with van der Waals surface area (Å²) in [5.41, 5.74) is 1.07. The highest BCUT2D eigenvalue weighted by Crippen LogP contribution is 2.40. The van der Waals surface area contributed by atoms with Gasteiger partial charge in [0.2, 0.25) is 5.91 Å². The van der Waals surface area contributed by atoms with Crippen molar-refractivity contribution < 1.29 is 14.5 Å². The lowest BCUT2D eigenvalue weighted by molar-refractivity contribution is -0.384. The Balaban J connectivity index is 1.88. The van der Waals surface area contributed by atoms with E-state index in [1.807, 2.05) is 30.3 Å². The van der Waals surface area contributed by atoms with Crippen molar-refractivity contribution >= 4 is 17.5 Å². The molecule has 1 fully saturated rings. The Morgan fingerprint density at radius 3 is 2.26 bits per heavy atom. The molecule has 0 radical (unpaired) electrons. The third-order valence-electron chi connectivity index (χ3n) is 4.06. The van der Waals surface area contributed by atoms with Gasteiger partial charge in [0.05, 0.1) is 16.9 Å². The van der Waals surface area contributed by atoms with Crippen LogP contribution in [0.1, 0.15) is 28.9 Å². The normalized spacial score (nSPS) is 20.0. The fraction of sp³-hybridized carbons (Fsp3) is 0.176. The van der Waals surface area contributed by atoms with E-state index in [-0.39, 0.29) is 29.1 Å². The van der Waals surface area contributed by atoms with Gasteiger partial charge >= 0.3 is 0 Å². The lowest BCUT2D eigenvalue weighted by atomic mass is 9.83. The molecule has 1 heterocycles. The first-order valence-corrected chi connectivity index (χ1v) is 7.17. The number of imide groups is 1. The second-order valence-corrected chi connectivity index (χ2v) is 5.46. The van der Waals surface area contributed by atoms with Crippen LogP contribution in [0.2, 0.25) is 0 Å². The molecule has 0 aromatic heterocycles. The highest BCUT2D eigenvalue weighted by molar-refractivity contribution is 6.09. The standard InChI is InChI=1S/C17H14N2O4/c1-11-15(12-5-3-2-4-6-12)18(16(11)20)17(21)13-7-9-14(10-8-13)19(22)23/h2-11,15H,1H3/t11-,15-/m1/s1. The lowest BCUT2D eigenvalue weighted by Crippen LogP contribution is -2.56. The Labute approximate surface area is 132 Å². The Hall–Kier alpha value is -3.02. The molecule has 2 aromatic rings. The number of carbonyl (C=O) groups excluding carboxylic acids is 2. The average molecular weight is 310 g/mol. The van der Waals surface area contributed by atoms with Gasteiger partial charge in [0.1, 0.15) is 0 Å². The smallest absolute Gasteiger partial charge is 0.269 e. The van der Waals surface area contributed by atoms with Crippen molar-refractivity contribution in [2.75, 3.05) is 0 Å². The first-order valence-electron chi connectivity index (χ1n) is 7.17. The first kappa shape index (κ1) is 14.9. The molecule has 6 heteroatoms. The second kappa shape index (κ2) is 5.64. The van der Waals surface area contributed by atoms with Crippen LogP contribution >= 0.6 is 0 Å². The summed E-state index contributed by atoms with van der Waals surface area (Å²) in [4.78, 5) is 36.1. The van der Waals surface area contributed by atoms with E-state index in [1.54, 1.807) is 6.92 Å². The predicted octanol–water partition coefficient (Wildman–Crippen LogP) is 2.95. The van der Waals surface area contributed by atoms with Gasteiger partial charge in [-0.3, -0.25) is 24.6 Å². The van der Waals surface area contributed by atoms with E-state index in [2.05, 4.69) is 0 Å². The maximum absolute atomic E-state index is 12.6. The summed E-state index contributed by atoms with van der Waals surface area (Å²) in [6.45, 7) is 1.79. The number of benzene rings is 2. The predicted molar refractivity (Wildman–Crippen MR) is 82.6 cm³/mol. The Kier molecular flexibility index (Phi) is 3.65. The molecule has 23 heavy (non-hydrogen) atoms. The number of hydrogen-bond donors (Lipinski definition) is 0. The van der Waals surface area contributed by atoms with Crippen molar-refractivity contribution in [2.45, 2.75) is 13.0 Å². The molecule has 116 valence electrons. The quantitative estimate of drug-likeness (QED) is 0.378. The van der Waals surface area contributed by atoms with Gasteiger partial charge in [0, 0.05) is 17.7 Å². The van der Waals surface area contributed by atoms with Crippen LogP contribution in [-0.2, 0) is 4.79 Å². The van der Waals surface area contributed by atoms with Gasteiger partial charge in [0.15, 0.2) is 0 Å². The molecule has 3 rings (SSSR count). The molecule has 0 spiro atoms. The number of rotatable bonds is 3. The van der Waals surface area contributed by atoms with Crippen LogP contribution < -0.4 is 0 Å². The van der Waals surface area contributed by atoms with Crippen LogP contribution in [0.5, 0.6) is 0 Å². The number of nitro groups is 1. The summed E-state index contributed by atoms with van der Waals surface area (Å²) in [6.07, 6.45) is 0. The number of amides is 2. The maximum atomic E-state index is 12.6. The first-order chi connectivity index (χ1) is 11.0. The zero-order valence-corrected chi connectivity index (χ0v) is 12.4. The van der Waals surface area contributed by atoms with E-state index in [9.17, 15) is 19.7 Å². The lowest BCUT2D eigenvalue weighted by Gasteiger charge is -2.44. The van der Waals surface area contributed by atoms with Crippen LogP contribution in [0.15, 0.2) is 54.6 Å². The Bertz CT molecular complexity index is 771. The molecule has 1 saturated heterocycles. The van der Waals surface area contributed by atoms with Gasteiger partial charge in [0.25, 0.3) is 11.6 Å². The molecule has 0 unspecified atom stereocenters. The second-order valence-electron chi connectivity index (χ2n) is 5.46. The third kappa shape index (κ3) is 2.48. The number of nitrogens with zero attached hydrogens (tertiary/aromatic N) is 2. The van der Waals surface area contributed by atoms with Crippen molar-refractivity contribution in [2.24, 2.45) is 5.92 Å². The summed E-state index contributed by atoms with van der Waals surface area (Å²) in [5.74, 6) is -0.932. The molecule has 2 amide bonds. The molecule has 0 aliphatic carbocycles. The van der Waals surface area contributed by atoms with Crippen molar-refractivity contribution in [3.63, 3.8) is 0 Å². The molecule has 1 aliphatic heterocycles. The fourth-order valence-corrected chi connectivity index (χ4v) is 2.81. The SMILES string of the molecule is C[C@H]1C(=O)N(C(=O)c2ccc([N+](=O)[O-])cc2)[C@H]1c1ccccc1. The summed E-state index contributed by atoms with van der Waals surface area (Å²) >= 11 is 0. The molecule has 2 atom stereocenters. The van der Waals surface area contributed by atoms with Crippen LogP contribution in [0, 0.1) is 16.0 Å². The highest BCUT2D eigenvalue weighted by Gasteiger charge is 2.48. The minimum absolute atomic E-state index is 0.0931. The van der Waals surface area contributed by atoms with Crippen LogP contribution in [0.25, 0.3) is 0 Å². The zero-order chi connectivity index (χ0) is 16.6. The molecule has 6 nitrogen and oxygen atoms in total. The molecule has 0 saturated carbocycles. The number of likely N-dealkylation sites (tertiary alicyclic amines) is 1. The monoisotopic (exact) mass is 310 g/mol. The zero-order valence-electron chi connectivity index (χ0n) is 12.4. The van der Waals surface area contributed by atoms with Gasteiger partial charge in [-0.1, -0.05) is 37.3 Å². The van der Waals surface area contributed by atoms with Gasteiger partial charge in [-0.2, -0.15) is 0 Å². The summed E-state index contributed by atoms with van der Waals surface area (Å²) in [5, 5.41) is 10.7.